The first-order valence-corrected chi connectivity index (χ1v) is 9.97. The van der Waals surface area contributed by atoms with Crippen LogP contribution in [0.15, 0.2) is 18.5 Å². The fraction of sp³-hybridized carbons (Fsp3) is 0.684. The van der Waals surface area contributed by atoms with Crippen LogP contribution < -0.4 is 0 Å². The lowest BCUT2D eigenvalue weighted by atomic mass is 9.95. The average Bonchev–Trinajstić information content (AvgIpc) is 3.28. The standard InChI is InChI=1S/C19H28N6O/c1-2-16(25-12-6-10-20-25)19(26)23-13-8-15(9-14-23)18-22-21-17-7-4-3-5-11-24(17)18/h6,10,12,15-16H,2-5,7-9,11,13-14H2,1H3/t16-/m0/s1. The lowest BCUT2D eigenvalue weighted by Crippen LogP contribution is -2.42. The molecule has 0 aliphatic carbocycles. The number of carbonyl (C=O) groups is 1. The molecule has 7 nitrogen and oxygen atoms in total. The average molecular weight is 356 g/mol. The van der Waals surface area contributed by atoms with Gasteiger partial charge in [0.1, 0.15) is 17.7 Å². The van der Waals surface area contributed by atoms with Crippen LogP contribution in [-0.4, -0.2) is 48.4 Å². The number of likely N-dealkylation sites (tertiary alicyclic amines) is 1. The second-order valence-electron chi connectivity index (χ2n) is 7.45. The molecule has 0 spiro atoms. The minimum absolute atomic E-state index is 0.189. The summed E-state index contributed by atoms with van der Waals surface area (Å²) in [4.78, 5) is 14.9. The first kappa shape index (κ1) is 17.2. The highest BCUT2D eigenvalue weighted by molar-refractivity contribution is 5.80. The van der Waals surface area contributed by atoms with Crippen molar-refractivity contribution in [2.45, 2.75) is 70.4 Å². The van der Waals surface area contributed by atoms with Crippen molar-refractivity contribution in [3.05, 3.63) is 30.1 Å². The molecule has 1 amide bonds. The van der Waals surface area contributed by atoms with Gasteiger partial charge in [-0.1, -0.05) is 13.3 Å². The van der Waals surface area contributed by atoms with Crippen molar-refractivity contribution < 1.29 is 4.79 Å². The maximum absolute atomic E-state index is 12.9. The van der Waals surface area contributed by atoms with Gasteiger partial charge in [-0.15, -0.1) is 10.2 Å². The summed E-state index contributed by atoms with van der Waals surface area (Å²) in [5, 5.41) is 13.2. The molecule has 26 heavy (non-hydrogen) atoms. The number of aromatic nitrogens is 5. The van der Waals surface area contributed by atoms with E-state index in [1.807, 2.05) is 24.1 Å². The summed E-state index contributed by atoms with van der Waals surface area (Å²) in [6.45, 7) is 4.68. The van der Waals surface area contributed by atoms with E-state index in [0.717, 1.165) is 57.0 Å². The Morgan fingerprint density at radius 3 is 2.77 bits per heavy atom. The summed E-state index contributed by atoms with van der Waals surface area (Å²) in [6.07, 6.45) is 11.1. The predicted molar refractivity (Wildman–Crippen MR) is 97.7 cm³/mol. The van der Waals surface area contributed by atoms with Gasteiger partial charge in [0.15, 0.2) is 0 Å². The Hall–Kier alpha value is -2.18. The SMILES string of the molecule is CC[C@@H](C(=O)N1CCC(c2nnc3n2CCCCC3)CC1)n1cccn1. The summed E-state index contributed by atoms with van der Waals surface area (Å²) in [5.41, 5.74) is 0. The summed E-state index contributed by atoms with van der Waals surface area (Å²) >= 11 is 0. The van der Waals surface area contributed by atoms with Crippen LogP contribution in [-0.2, 0) is 17.8 Å². The van der Waals surface area contributed by atoms with E-state index in [-0.39, 0.29) is 11.9 Å². The fourth-order valence-corrected chi connectivity index (χ4v) is 4.32. The van der Waals surface area contributed by atoms with Crippen LogP contribution in [0.4, 0.5) is 0 Å². The van der Waals surface area contributed by atoms with Gasteiger partial charge in [-0.25, -0.2) is 0 Å². The van der Waals surface area contributed by atoms with Crippen molar-refractivity contribution in [1.82, 2.24) is 29.4 Å². The molecular formula is C19H28N6O. The molecule has 0 bridgehead atoms. The molecule has 2 aromatic rings. The Morgan fingerprint density at radius 2 is 2.04 bits per heavy atom. The predicted octanol–water partition coefficient (Wildman–Crippen LogP) is 2.56. The lowest BCUT2D eigenvalue weighted by molar-refractivity contribution is -0.136. The number of piperidine rings is 1. The number of fused-ring (bicyclic) bond motifs is 1. The van der Waals surface area contributed by atoms with Crippen molar-refractivity contribution in [3.63, 3.8) is 0 Å². The van der Waals surface area contributed by atoms with Crippen molar-refractivity contribution >= 4 is 5.91 Å². The van der Waals surface area contributed by atoms with Gasteiger partial charge >= 0.3 is 0 Å². The maximum Gasteiger partial charge on any atom is 0.247 e. The molecule has 4 heterocycles. The van der Waals surface area contributed by atoms with Crippen LogP contribution in [0.1, 0.15) is 69.1 Å². The Balaban J connectivity index is 1.41. The van der Waals surface area contributed by atoms with Crippen molar-refractivity contribution in [1.29, 1.82) is 0 Å². The van der Waals surface area contributed by atoms with Gasteiger partial charge in [-0.05, 0) is 38.2 Å². The molecule has 7 heteroatoms. The molecular weight excluding hydrogens is 328 g/mol. The van der Waals surface area contributed by atoms with Crippen LogP contribution in [0, 0.1) is 0 Å². The molecule has 1 saturated heterocycles. The molecule has 0 saturated carbocycles. The molecule has 0 aromatic carbocycles. The minimum Gasteiger partial charge on any atom is -0.341 e. The Bertz CT molecular complexity index is 729. The highest BCUT2D eigenvalue weighted by Gasteiger charge is 2.31. The molecule has 0 N–H and O–H groups in total. The molecule has 2 aliphatic heterocycles. The summed E-state index contributed by atoms with van der Waals surface area (Å²) in [5.74, 6) is 2.91. The van der Waals surface area contributed by atoms with Crippen molar-refractivity contribution in [2.75, 3.05) is 13.1 Å². The smallest absolute Gasteiger partial charge is 0.247 e. The van der Waals surface area contributed by atoms with Crippen LogP contribution in [0.3, 0.4) is 0 Å². The largest absolute Gasteiger partial charge is 0.341 e. The van der Waals surface area contributed by atoms with Crippen LogP contribution in [0.25, 0.3) is 0 Å². The summed E-state index contributed by atoms with van der Waals surface area (Å²) in [6, 6.07) is 1.69. The Morgan fingerprint density at radius 1 is 1.19 bits per heavy atom. The number of nitrogens with zero attached hydrogens (tertiary/aromatic N) is 6. The number of hydrogen-bond donors (Lipinski definition) is 0. The molecule has 4 rings (SSSR count). The van der Waals surface area contributed by atoms with Gasteiger partial charge < -0.3 is 9.47 Å². The Labute approximate surface area is 154 Å². The molecule has 2 aliphatic rings. The molecule has 1 fully saturated rings. The van der Waals surface area contributed by atoms with Crippen LogP contribution in [0.5, 0.6) is 0 Å². The van der Waals surface area contributed by atoms with E-state index < -0.39 is 0 Å². The van der Waals surface area contributed by atoms with Gasteiger partial charge in [0, 0.05) is 44.4 Å². The lowest BCUT2D eigenvalue weighted by Gasteiger charge is -2.34. The quantitative estimate of drug-likeness (QED) is 0.844. The number of carbonyl (C=O) groups excluding carboxylic acids is 1. The van der Waals surface area contributed by atoms with Gasteiger partial charge in [0.05, 0.1) is 0 Å². The third-order valence-electron chi connectivity index (χ3n) is 5.83. The van der Waals surface area contributed by atoms with E-state index in [0.29, 0.717) is 5.92 Å². The molecule has 1 atom stereocenters. The maximum atomic E-state index is 12.9. The second kappa shape index (κ2) is 7.60. The number of hydrogen-bond acceptors (Lipinski definition) is 4. The minimum atomic E-state index is -0.189. The van der Waals surface area contributed by atoms with E-state index in [1.54, 1.807) is 10.9 Å². The fourth-order valence-electron chi connectivity index (χ4n) is 4.32. The third-order valence-corrected chi connectivity index (χ3v) is 5.83. The number of amides is 1. The van der Waals surface area contributed by atoms with Crippen LogP contribution in [0.2, 0.25) is 0 Å². The zero-order valence-corrected chi connectivity index (χ0v) is 15.5. The highest BCUT2D eigenvalue weighted by atomic mass is 16.2. The van der Waals surface area contributed by atoms with Crippen LogP contribution >= 0.6 is 0 Å². The van der Waals surface area contributed by atoms with E-state index >= 15 is 0 Å². The zero-order chi connectivity index (χ0) is 17.9. The van der Waals surface area contributed by atoms with Gasteiger partial charge in [0.2, 0.25) is 5.91 Å². The highest BCUT2D eigenvalue weighted by Crippen LogP contribution is 2.30. The van der Waals surface area contributed by atoms with Crippen molar-refractivity contribution in [2.24, 2.45) is 0 Å². The second-order valence-corrected chi connectivity index (χ2v) is 7.45. The summed E-state index contributed by atoms with van der Waals surface area (Å²) in [7, 11) is 0. The topological polar surface area (TPSA) is 68.8 Å². The molecule has 140 valence electrons. The van der Waals surface area contributed by atoms with E-state index in [9.17, 15) is 4.79 Å². The first-order valence-electron chi connectivity index (χ1n) is 9.97. The van der Waals surface area contributed by atoms with Gasteiger partial charge in [0.25, 0.3) is 0 Å². The zero-order valence-electron chi connectivity index (χ0n) is 15.5. The normalized spacial score (nSPS) is 19.8. The van der Waals surface area contributed by atoms with Gasteiger partial charge in [-0.3, -0.25) is 9.48 Å². The van der Waals surface area contributed by atoms with E-state index in [2.05, 4.69) is 19.9 Å². The first-order chi connectivity index (χ1) is 12.8. The van der Waals surface area contributed by atoms with E-state index in [1.165, 1.54) is 19.3 Å². The molecule has 0 radical (unpaired) electrons. The monoisotopic (exact) mass is 356 g/mol. The number of aryl methyl sites for hydroxylation is 1. The third kappa shape index (κ3) is 3.27. The number of rotatable bonds is 4. The van der Waals surface area contributed by atoms with Crippen molar-refractivity contribution in [3.8, 4) is 0 Å². The summed E-state index contributed by atoms with van der Waals surface area (Å²) < 4.78 is 4.14. The Kier molecular flexibility index (Phi) is 5.04. The molecule has 0 unspecified atom stereocenters. The molecule has 2 aromatic heterocycles. The van der Waals surface area contributed by atoms with Gasteiger partial charge in [-0.2, -0.15) is 5.10 Å². The van der Waals surface area contributed by atoms with E-state index in [4.69, 9.17) is 0 Å².